The van der Waals surface area contributed by atoms with Gasteiger partial charge in [-0.3, -0.25) is 0 Å². The number of hydrogen-bond acceptors (Lipinski definition) is 2. The van der Waals surface area contributed by atoms with Crippen LogP contribution in [0.3, 0.4) is 0 Å². The summed E-state index contributed by atoms with van der Waals surface area (Å²) in [7, 11) is 2.05. The summed E-state index contributed by atoms with van der Waals surface area (Å²) in [5.41, 5.74) is 5.84. The summed E-state index contributed by atoms with van der Waals surface area (Å²) in [5.74, 6) is 1.79. The molecule has 0 aliphatic heterocycles. The van der Waals surface area contributed by atoms with Crippen molar-refractivity contribution in [3.8, 4) is 0 Å². The zero-order valence-electron chi connectivity index (χ0n) is 7.40. The first kappa shape index (κ1) is 7.80. The van der Waals surface area contributed by atoms with Gasteiger partial charge >= 0.3 is 0 Å². The highest BCUT2D eigenvalue weighted by atomic mass is 15.0. The van der Waals surface area contributed by atoms with Crippen molar-refractivity contribution in [3.05, 3.63) is 18.2 Å². The second kappa shape index (κ2) is 2.90. The normalized spacial score (nSPS) is 29.5. The number of aryl methyl sites for hydroxylation is 1. The lowest BCUT2D eigenvalue weighted by Crippen LogP contribution is -2.15. The van der Waals surface area contributed by atoms with E-state index in [1.165, 1.54) is 12.2 Å². The Bertz CT molecular complexity index is 266. The third-order valence-electron chi connectivity index (χ3n) is 2.70. The highest BCUT2D eigenvalue weighted by Gasteiger charge is 2.25. The van der Waals surface area contributed by atoms with Gasteiger partial charge in [0.1, 0.15) is 5.82 Å². The Morgan fingerprint density at radius 3 is 2.92 bits per heavy atom. The smallest absolute Gasteiger partial charge is 0.111 e. The first-order valence-corrected chi connectivity index (χ1v) is 4.50. The Labute approximate surface area is 72.6 Å². The summed E-state index contributed by atoms with van der Waals surface area (Å²) in [6, 6.07) is 0.395. The molecule has 3 heteroatoms. The Balaban J connectivity index is 2.16. The van der Waals surface area contributed by atoms with E-state index < -0.39 is 0 Å². The molecular weight excluding hydrogens is 150 g/mol. The molecule has 0 aromatic carbocycles. The Hall–Kier alpha value is -0.830. The van der Waals surface area contributed by atoms with Gasteiger partial charge in [0.15, 0.2) is 0 Å². The van der Waals surface area contributed by atoms with Crippen LogP contribution in [0.25, 0.3) is 0 Å². The molecule has 0 radical (unpaired) electrons. The van der Waals surface area contributed by atoms with Crippen molar-refractivity contribution in [3.63, 3.8) is 0 Å². The van der Waals surface area contributed by atoms with Gasteiger partial charge in [0.2, 0.25) is 0 Å². The molecule has 1 aromatic rings. The maximum atomic E-state index is 5.84. The Kier molecular flexibility index (Phi) is 1.89. The average Bonchev–Trinajstić information content (AvgIpc) is 2.58. The van der Waals surface area contributed by atoms with Gasteiger partial charge in [0.05, 0.1) is 0 Å². The molecule has 2 N–H and O–H groups in total. The quantitative estimate of drug-likeness (QED) is 0.675. The highest BCUT2D eigenvalue weighted by Crippen LogP contribution is 2.31. The minimum absolute atomic E-state index is 0.395. The summed E-state index contributed by atoms with van der Waals surface area (Å²) >= 11 is 0. The van der Waals surface area contributed by atoms with E-state index in [1.54, 1.807) is 0 Å². The number of nitrogens with zero attached hydrogens (tertiary/aromatic N) is 2. The van der Waals surface area contributed by atoms with Crippen molar-refractivity contribution in [1.29, 1.82) is 0 Å². The third-order valence-corrected chi connectivity index (χ3v) is 2.70. The maximum Gasteiger partial charge on any atom is 0.111 e. The van der Waals surface area contributed by atoms with E-state index in [0.29, 0.717) is 12.0 Å². The van der Waals surface area contributed by atoms with Crippen LogP contribution in [-0.4, -0.2) is 15.6 Å². The number of nitrogens with two attached hydrogens (primary N) is 1. The van der Waals surface area contributed by atoms with Gasteiger partial charge in [-0.05, 0) is 19.3 Å². The molecule has 2 unspecified atom stereocenters. The molecule has 66 valence electrons. The van der Waals surface area contributed by atoms with Crippen molar-refractivity contribution >= 4 is 0 Å². The van der Waals surface area contributed by atoms with Crippen LogP contribution in [0.4, 0.5) is 0 Å². The zero-order valence-corrected chi connectivity index (χ0v) is 7.40. The number of rotatable bonds is 1. The zero-order chi connectivity index (χ0) is 8.55. The topological polar surface area (TPSA) is 43.8 Å². The fraction of sp³-hybridized carbons (Fsp3) is 0.667. The molecule has 1 aromatic heterocycles. The van der Waals surface area contributed by atoms with Crippen LogP contribution in [0.15, 0.2) is 12.4 Å². The van der Waals surface area contributed by atoms with Crippen molar-refractivity contribution in [1.82, 2.24) is 9.55 Å². The van der Waals surface area contributed by atoms with E-state index in [2.05, 4.69) is 9.55 Å². The SMILES string of the molecule is Cn1ccnc1C1CCC(N)C1. The molecule has 1 aliphatic carbocycles. The third kappa shape index (κ3) is 1.25. The molecule has 1 heterocycles. The summed E-state index contributed by atoms with van der Waals surface area (Å²) in [5, 5.41) is 0. The molecular formula is C9H15N3. The second-order valence-electron chi connectivity index (χ2n) is 3.67. The number of hydrogen-bond donors (Lipinski definition) is 1. The van der Waals surface area contributed by atoms with E-state index in [0.717, 1.165) is 12.8 Å². The van der Waals surface area contributed by atoms with Crippen LogP contribution in [0.2, 0.25) is 0 Å². The fourth-order valence-electron chi connectivity index (χ4n) is 2.02. The standard InChI is InChI=1S/C9H15N3/c1-12-5-4-11-9(12)7-2-3-8(10)6-7/h4-5,7-8H,2-3,6,10H2,1H3. The van der Waals surface area contributed by atoms with E-state index in [1.807, 2.05) is 19.4 Å². The van der Waals surface area contributed by atoms with Crippen LogP contribution in [-0.2, 0) is 7.05 Å². The molecule has 0 amide bonds. The first-order valence-electron chi connectivity index (χ1n) is 4.50. The molecule has 2 atom stereocenters. The predicted molar refractivity (Wildman–Crippen MR) is 47.8 cm³/mol. The summed E-state index contributed by atoms with van der Waals surface area (Å²) < 4.78 is 2.10. The van der Waals surface area contributed by atoms with Crippen molar-refractivity contribution in [2.24, 2.45) is 12.8 Å². The lowest BCUT2D eigenvalue weighted by atomic mass is 10.1. The Morgan fingerprint density at radius 1 is 1.58 bits per heavy atom. The summed E-state index contributed by atoms with van der Waals surface area (Å²) in [6.45, 7) is 0. The average molecular weight is 165 g/mol. The fourth-order valence-corrected chi connectivity index (χ4v) is 2.02. The largest absolute Gasteiger partial charge is 0.338 e. The van der Waals surface area contributed by atoms with Crippen LogP contribution in [0, 0.1) is 0 Å². The minimum atomic E-state index is 0.395. The molecule has 12 heavy (non-hydrogen) atoms. The minimum Gasteiger partial charge on any atom is -0.338 e. The van der Waals surface area contributed by atoms with E-state index in [4.69, 9.17) is 5.73 Å². The molecule has 1 fully saturated rings. The summed E-state index contributed by atoms with van der Waals surface area (Å²) in [6.07, 6.45) is 7.31. The van der Waals surface area contributed by atoms with Crippen molar-refractivity contribution in [2.45, 2.75) is 31.2 Å². The van der Waals surface area contributed by atoms with Crippen LogP contribution in [0.5, 0.6) is 0 Å². The van der Waals surface area contributed by atoms with Gasteiger partial charge in [-0.2, -0.15) is 0 Å². The lowest BCUT2D eigenvalue weighted by Gasteiger charge is -2.08. The van der Waals surface area contributed by atoms with E-state index in [-0.39, 0.29) is 0 Å². The molecule has 2 rings (SSSR count). The van der Waals surface area contributed by atoms with Crippen molar-refractivity contribution < 1.29 is 0 Å². The Morgan fingerprint density at radius 2 is 2.42 bits per heavy atom. The lowest BCUT2D eigenvalue weighted by molar-refractivity contribution is 0.616. The van der Waals surface area contributed by atoms with Crippen molar-refractivity contribution in [2.75, 3.05) is 0 Å². The molecule has 0 spiro atoms. The molecule has 0 bridgehead atoms. The maximum absolute atomic E-state index is 5.84. The van der Waals surface area contributed by atoms with Gasteiger partial charge < -0.3 is 10.3 Å². The van der Waals surface area contributed by atoms with Gasteiger partial charge in [0.25, 0.3) is 0 Å². The first-order chi connectivity index (χ1) is 5.77. The molecule has 1 aliphatic rings. The second-order valence-corrected chi connectivity index (χ2v) is 3.67. The van der Waals surface area contributed by atoms with Gasteiger partial charge in [0, 0.05) is 31.4 Å². The van der Waals surface area contributed by atoms with E-state index in [9.17, 15) is 0 Å². The van der Waals surface area contributed by atoms with Crippen LogP contribution in [0.1, 0.15) is 31.0 Å². The summed E-state index contributed by atoms with van der Waals surface area (Å²) in [4.78, 5) is 4.34. The van der Waals surface area contributed by atoms with Gasteiger partial charge in [-0.1, -0.05) is 0 Å². The number of aromatic nitrogens is 2. The monoisotopic (exact) mass is 165 g/mol. The molecule has 1 saturated carbocycles. The van der Waals surface area contributed by atoms with E-state index >= 15 is 0 Å². The molecule has 3 nitrogen and oxygen atoms in total. The highest BCUT2D eigenvalue weighted by molar-refractivity contribution is 5.03. The van der Waals surface area contributed by atoms with Gasteiger partial charge in [-0.15, -0.1) is 0 Å². The molecule has 0 saturated heterocycles. The van der Waals surface area contributed by atoms with Crippen LogP contribution >= 0.6 is 0 Å². The predicted octanol–water partition coefficient (Wildman–Crippen LogP) is 1.01. The van der Waals surface area contributed by atoms with Gasteiger partial charge in [-0.25, -0.2) is 4.98 Å². The van der Waals surface area contributed by atoms with Crippen LogP contribution < -0.4 is 5.73 Å². The number of imidazole rings is 1.